The average molecular weight is 409 g/mol. The first-order valence-corrected chi connectivity index (χ1v) is 9.10. The third-order valence-electron chi connectivity index (χ3n) is 3.57. The van der Waals surface area contributed by atoms with Gasteiger partial charge in [-0.3, -0.25) is 10.1 Å². The zero-order valence-corrected chi connectivity index (χ0v) is 16.2. The number of rotatable bonds is 5. The van der Waals surface area contributed by atoms with Crippen LogP contribution in [0.4, 0.5) is 5.13 Å². The summed E-state index contributed by atoms with van der Waals surface area (Å²) >= 11 is 13.6. The van der Waals surface area contributed by atoms with Gasteiger partial charge >= 0.3 is 0 Å². The molecular weight excluding hydrogens is 395 g/mol. The molecule has 8 heteroatoms. The number of amides is 1. The Morgan fingerprint density at radius 3 is 2.58 bits per heavy atom. The Kier molecular flexibility index (Phi) is 5.66. The summed E-state index contributed by atoms with van der Waals surface area (Å²) in [5.74, 6) is 0.398. The number of halogens is 2. The lowest BCUT2D eigenvalue weighted by Crippen LogP contribution is -2.12. The molecule has 26 heavy (non-hydrogen) atoms. The molecule has 0 aliphatic rings. The predicted molar refractivity (Wildman–Crippen MR) is 105 cm³/mol. The molecule has 1 N–H and O–H groups in total. The van der Waals surface area contributed by atoms with Gasteiger partial charge in [-0.15, -0.1) is 11.3 Å². The molecule has 5 nitrogen and oxygen atoms in total. The number of anilines is 1. The SMILES string of the molecule is COc1cc(C(=O)Nc2nc(-c3ccccc3Cl)cs2)cc(Cl)c1OC. The zero-order chi connectivity index (χ0) is 18.7. The number of benzene rings is 2. The van der Waals surface area contributed by atoms with Crippen molar-refractivity contribution in [3.8, 4) is 22.8 Å². The molecule has 0 saturated carbocycles. The highest BCUT2D eigenvalue weighted by Gasteiger charge is 2.17. The largest absolute Gasteiger partial charge is 0.493 e. The van der Waals surface area contributed by atoms with Crippen LogP contribution in [0.15, 0.2) is 41.8 Å². The Labute approximate surface area is 164 Å². The fourth-order valence-corrected chi connectivity index (χ4v) is 3.57. The summed E-state index contributed by atoms with van der Waals surface area (Å²) < 4.78 is 10.4. The van der Waals surface area contributed by atoms with E-state index in [0.717, 1.165) is 5.56 Å². The zero-order valence-electron chi connectivity index (χ0n) is 13.9. The molecule has 134 valence electrons. The third kappa shape index (κ3) is 3.77. The van der Waals surface area contributed by atoms with Crippen molar-refractivity contribution >= 4 is 45.6 Å². The fourth-order valence-electron chi connectivity index (χ4n) is 2.34. The number of aromatic nitrogens is 1. The lowest BCUT2D eigenvalue weighted by Gasteiger charge is -2.11. The van der Waals surface area contributed by atoms with E-state index in [1.165, 1.54) is 31.6 Å². The van der Waals surface area contributed by atoms with Crippen molar-refractivity contribution in [2.75, 3.05) is 19.5 Å². The van der Waals surface area contributed by atoms with Crippen molar-refractivity contribution < 1.29 is 14.3 Å². The number of nitrogens with zero attached hydrogens (tertiary/aromatic N) is 1. The minimum atomic E-state index is -0.354. The average Bonchev–Trinajstić information content (AvgIpc) is 3.09. The molecule has 0 aliphatic heterocycles. The maximum atomic E-state index is 12.5. The first-order valence-electron chi connectivity index (χ1n) is 7.46. The molecule has 0 atom stereocenters. The lowest BCUT2D eigenvalue weighted by atomic mass is 10.2. The normalized spacial score (nSPS) is 10.5. The number of carbonyl (C=O) groups excluding carboxylic acids is 1. The van der Waals surface area contributed by atoms with Crippen LogP contribution >= 0.6 is 34.5 Å². The topological polar surface area (TPSA) is 60.5 Å². The number of hydrogen-bond donors (Lipinski definition) is 1. The fraction of sp³-hybridized carbons (Fsp3) is 0.111. The van der Waals surface area contributed by atoms with E-state index >= 15 is 0 Å². The van der Waals surface area contributed by atoms with Crippen LogP contribution in [-0.2, 0) is 0 Å². The summed E-state index contributed by atoms with van der Waals surface area (Å²) in [7, 11) is 2.96. The molecule has 0 radical (unpaired) electrons. The summed E-state index contributed by atoms with van der Waals surface area (Å²) in [4.78, 5) is 16.9. The molecule has 1 heterocycles. The Morgan fingerprint density at radius 2 is 1.88 bits per heavy atom. The van der Waals surface area contributed by atoms with Gasteiger partial charge in [0.1, 0.15) is 0 Å². The van der Waals surface area contributed by atoms with Crippen LogP contribution in [0.5, 0.6) is 11.5 Å². The number of methoxy groups -OCH3 is 2. The predicted octanol–water partition coefficient (Wildman–Crippen LogP) is 5.39. The summed E-state index contributed by atoms with van der Waals surface area (Å²) in [5, 5.41) is 5.92. The van der Waals surface area contributed by atoms with Gasteiger partial charge in [-0.05, 0) is 18.2 Å². The van der Waals surface area contributed by atoms with E-state index in [1.807, 2.05) is 23.6 Å². The highest BCUT2D eigenvalue weighted by atomic mass is 35.5. The molecule has 2 aromatic carbocycles. The standard InChI is InChI=1S/C18H14Cl2N2O3S/c1-24-15-8-10(7-13(20)16(15)25-2)17(23)22-18-21-14(9-26-18)11-5-3-4-6-12(11)19/h3-9H,1-2H3,(H,21,22,23). The van der Waals surface area contributed by atoms with Gasteiger partial charge in [0, 0.05) is 21.5 Å². The summed E-state index contributed by atoms with van der Waals surface area (Å²) in [6.07, 6.45) is 0. The summed E-state index contributed by atoms with van der Waals surface area (Å²) in [6, 6.07) is 10.5. The monoisotopic (exact) mass is 408 g/mol. The van der Waals surface area contributed by atoms with E-state index in [-0.39, 0.29) is 10.9 Å². The molecule has 1 aromatic heterocycles. The highest BCUT2D eigenvalue weighted by molar-refractivity contribution is 7.14. The van der Waals surface area contributed by atoms with Gasteiger partial charge in [0.2, 0.25) is 0 Å². The number of ether oxygens (including phenoxy) is 2. The smallest absolute Gasteiger partial charge is 0.257 e. The molecule has 3 aromatic rings. The van der Waals surface area contributed by atoms with E-state index < -0.39 is 0 Å². The van der Waals surface area contributed by atoms with E-state index in [4.69, 9.17) is 32.7 Å². The van der Waals surface area contributed by atoms with Gasteiger partial charge in [0.05, 0.1) is 24.9 Å². The van der Waals surface area contributed by atoms with Crippen LogP contribution < -0.4 is 14.8 Å². The Balaban J connectivity index is 1.83. The minimum absolute atomic E-state index is 0.285. The van der Waals surface area contributed by atoms with Crippen molar-refractivity contribution in [1.82, 2.24) is 4.98 Å². The molecule has 0 saturated heterocycles. The molecule has 0 spiro atoms. The van der Waals surface area contributed by atoms with Crippen molar-refractivity contribution in [3.63, 3.8) is 0 Å². The van der Waals surface area contributed by atoms with Crippen molar-refractivity contribution in [3.05, 3.63) is 57.4 Å². The third-order valence-corrected chi connectivity index (χ3v) is 4.94. The lowest BCUT2D eigenvalue weighted by molar-refractivity contribution is 0.102. The van der Waals surface area contributed by atoms with Crippen LogP contribution in [0, 0.1) is 0 Å². The van der Waals surface area contributed by atoms with E-state index in [1.54, 1.807) is 12.1 Å². The van der Waals surface area contributed by atoms with Crippen LogP contribution in [0.2, 0.25) is 10.0 Å². The van der Waals surface area contributed by atoms with Gasteiger partial charge in [0.25, 0.3) is 5.91 Å². The number of thiazole rings is 1. The molecule has 0 fully saturated rings. The van der Waals surface area contributed by atoms with Crippen LogP contribution in [0.1, 0.15) is 10.4 Å². The van der Waals surface area contributed by atoms with Crippen molar-refractivity contribution in [1.29, 1.82) is 0 Å². The molecule has 0 unspecified atom stereocenters. The number of carbonyl (C=O) groups is 1. The van der Waals surface area contributed by atoms with Gasteiger partial charge in [-0.25, -0.2) is 4.98 Å². The molecular formula is C18H14Cl2N2O3S. The maximum absolute atomic E-state index is 12.5. The summed E-state index contributed by atoms with van der Waals surface area (Å²) in [5.41, 5.74) is 1.84. The molecule has 0 bridgehead atoms. The Hall–Kier alpha value is -2.28. The quantitative estimate of drug-likeness (QED) is 0.614. The maximum Gasteiger partial charge on any atom is 0.257 e. The second-order valence-corrected chi connectivity index (χ2v) is 6.84. The highest BCUT2D eigenvalue weighted by Crippen LogP contribution is 2.36. The van der Waals surface area contributed by atoms with Crippen LogP contribution in [0.25, 0.3) is 11.3 Å². The van der Waals surface area contributed by atoms with E-state index in [0.29, 0.717) is 32.9 Å². The molecule has 0 aliphatic carbocycles. The Bertz CT molecular complexity index is 959. The van der Waals surface area contributed by atoms with Crippen molar-refractivity contribution in [2.45, 2.75) is 0 Å². The Morgan fingerprint density at radius 1 is 1.12 bits per heavy atom. The van der Waals surface area contributed by atoms with E-state index in [9.17, 15) is 4.79 Å². The first-order chi connectivity index (χ1) is 12.5. The van der Waals surface area contributed by atoms with E-state index in [2.05, 4.69) is 10.3 Å². The second-order valence-electron chi connectivity index (χ2n) is 5.17. The number of hydrogen-bond acceptors (Lipinski definition) is 5. The van der Waals surface area contributed by atoms with Gasteiger partial charge < -0.3 is 9.47 Å². The second kappa shape index (κ2) is 7.95. The summed E-state index contributed by atoms with van der Waals surface area (Å²) in [6.45, 7) is 0. The van der Waals surface area contributed by atoms with Crippen LogP contribution in [0.3, 0.4) is 0 Å². The van der Waals surface area contributed by atoms with Gasteiger partial charge in [-0.1, -0.05) is 41.4 Å². The molecule has 3 rings (SSSR count). The van der Waals surface area contributed by atoms with Gasteiger partial charge in [0.15, 0.2) is 16.6 Å². The first kappa shape index (κ1) is 18.5. The van der Waals surface area contributed by atoms with Crippen LogP contribution in [-0.4, -0.2) is 25.1 Å². The van der Waals surface area contributed by atoms with Gasteiger partial charge in [-0.2, -0.15) is 0 Å². The molecule has 1 amide bonds. The van der Waals surface area contributed by atoms with Crippen molar-refractivity contribution in [2.24, 2.45) is 0 Å². The minimum Gasteiger partial charge on any atom is -0.493 e. The number of nitrogens with one attached hydrogen (secondary N) is 1.